The van der Waals surface area contributed by atoms with Crippen molar-refractivity contribution < 1.29 is 23.8 Å². The SMILES string of the molecule is COC(=O)c1c(NC(C)=O)sc2c(OCCN3CCOCC3)c(Br)ccc12. The minimum Gasteiger partial charge on any atom is -0.490 e. The Kier molecular flexibility index (Phi) is 6.69. The predicted molar refractivity (Wildman–Crippen MR) is 108 cm³/mol. The first-order valence-electron chi connectivity index (χ1n) is 8.55. The number of thiophene rings is 1. The van der Waals surface area contributed by atoms with Crippen LogP contribution in [0.15, 0.2) is 16.6 Å². The molecule has 3 rings (SSSR count). The summed E-state index contributed by atoms with van der Waals surface area (Å²) in [5, 5.41) is 3.87. The summed E-state index contributed by atoms with van der Waals surface area (Å²) in [6, 6.07) is 3.66. The number of halogens is 1. The number of fused-ring (bicyclic) bond motifs is 1. The molecule has 0 bridgehead atoms. The van der Waals surface area contributed by atoms with Crippen LogP contribution in [0.4, 0.5) is 5.00 Å². The molecule has 0 atom stereocenters. The van der Waals surface area contributed by atoms with E-state index in [1.807, 2.05) is 12.1 Å². The Labute approximate surface area is 169 Å². The van der Waals surface area contributed by atoms with Gasteiger partial charge in [0, 0.05) is 31.9 Å². The fraction of sp³-hybridized carbons (Fsp3) is 0.444. The van der Waals surface area contributed by atoms with E-state index < -0.39 is 5.97 Å². The number of nitrogens with zero attached hydrogens (tertiary/aromatic N) is 1. The van der Waals surface area contributed by atoms with Gasteiger partial charge in [-0.25, -0.2) is 4.79 Å². The number of carbonyl (C=O) groups is 2. The summed E-state index contributed by atoms with van der Waals surface area (Å²) in [6.45, 7) is 5.99. The van der Waals surface area contributed by atoms with Crippen molar-refractivity contribution in [2.45, 2.75) is 6.92 Å². The molecule has 0 unspecified atom stereocenters. The molecular formula is C18H21BrN2O5S. The Morgan fingerprint density at radius 3 is 2.74 bits per heavy atom. The van der Waals surface area contributed by atoms with Gasteiger partial charge in [-0.05, 0) is 22.0 Å². The molecule has 27 heavy (non-hydrogen) atoms. The van der Waals surface area contributed by atoms with Gasteiger partial charge in [-0.15, -0.1) is 11.3 Å². The van der Waals surface area contributed by atoms with Gasteiger partial charge in [0.05, 0.1) is 29.5 Å². The zero-order chi connectivity index (χ0) is 19.4. The third-order valence-electron chi connectivity index (χ3n) is 4.20. The third kappa shape index (κ3) is 4.60. The first-order chi connectivity index (χ1) is 13.0. The average Bonchev–Trinajstić information content (AvgIpc) is 3.01. The number of hydrogen-bond donors (Lipinski definition) is 1. The summed E-state index contributed by atoms with van der Waals surface area (Å²) >= 11 is 4.83. The van der Waals surface area contributed by atoms with Crippen molar-refractivity contribution in [1.29, 1.82) is 0 Å². The number of benzene rings is 1. The van der Waals surface area contributed by atoms with Gasteiger partial charge >= 0.3 is 5.97 Å². The second-order valence-corrected chi connectivity index (χ2v) is 7.91. The molecule has 1 N–H and O–H groups in total. The Morgan fingerprint density at radius 2 is 2.07 bits per heavy atom. The van der Waals surface area contributed by atoms with E-state index in [1.54, 1.807) is 0 Å². The average molecular weight is 457 g/mol. The minimum absolute atomic E-state index is 0.249. The van der Waals surface area contributed by atoms with Crippen LogP contribution in [0.2, 0.25) is 0 Å². The Balaban J connectivity index is 1.89. The van der Waals surface area contributed by atoms with Gasteiger partial charge < -0.3 is 19.5 Å². The lowest BCUT2D eigenvalue weighted by molar-refractivity contribution is -0.114. The van der Waals surface area contributed by atoms with Crippen molar-refractivity contribution in [2.75, 3.05) is 51.9 Å². The topological polar surface area (TPSA) is 77.1 Å². The molecule has 2 aromatic rings. The maximum absolute atomic E-state index is 12.3. The number of methoxy groups -OCH3 is 1. The number of rotatable bonds is 6. The maximum Gasteiger partial charge on any atom is 0.341 e. The minimum atomic E-state index is -0.494. The van der Waals surface area contributed by atoms with Gasteiger partial charge in [-0.2, -0.15) is 0 Å². The van der Waals surface area contributed by atoms with Crippen LogP contribution in [0.25, 0.3) is 10.1 Å². The molecule has 1 fully saturated rings. The maximum atomic E-state index is 12.3. The number of esters is 1. The summed E-state index contributed by atoms with van der Waals surface area (Å²) in [4.78, 5) is 26.1. The lowest BCUT2D eigenvalue weighted by atomic mass is 10.1. The molecule has 2 heterocycles. The summed E-state index contributed by atoms with van der Waals surface area (Å²) in [5.41, 5.74) is 0.346. The van der Waals surface area contributed by atoms with Crippen LogP contribution in [-0.2, 0) is 14.3 Å². The number of morpholine rings is 1. The van der Waals surface area contributed by atoms with Crippen LogP contribution in [0, 0.1) is 0 Å². The van der Waals surface area contributed by atoms with Crippen LogP contribution in [0.5, 0.6) is 5.75 Å². The first kappa shape index (κ1) is 20.1. The van der Waals surface area contributed by atoms with Crippen molar-refractivity contribution in [3.63, 3.8) is 0 Å². The van der Waals surface area contributed by atoms with E-state index in [9.17, 15) is 9.59 Å². The van der Waals surface area contributed by atoms with Crippen molar-refractivity contribution in [3.8, 4) is 5.75 Å². The zero-order valence-electron chi connectivity index (χ0n) is 15.2. The van der Waals surface area contributed by atoms with Crippen molar-refractivity contribution in [3.05, 3.63) is 22.2 Å². The number of ether oxygens (including phenoxy) is 3. The molecule has 0 saturated carbocycles. The molecule has 1 aromatic heterocycles. The molecule has 0 spiro atoms. The van der Waals surface area contributed by atoms with Gasteiger partial charge in [0.25, 0.3) is 0 Å². The van der Waals surface area contributed by atoms with Crippen molar-refractivity contribution in [2.24, 2.45) is 0 Å². The number of anilines is 1. The molecule has 7 nitrogen and oxygen atoms in total. The van der Waals surface area contributed by atoms with Gasteiger partial charge in [0.15, 0.2) is 5.75 Å². The normalized spacial score (nSPS) is 14.9. The fourth-order valence-corrected chi connectivity index (χ4v) is 4.71. The van der Waals surface area contributed by atoms with Gasteiger partial charge in [-0.1, -0.05) is 6.07 Å². The molecule has 1 aromatic carbocycles. The number of amides is 1. The van der Waals surface area contributed by atoms with Gasteiger partial charge in [0.1, 0.15) is 17.2 Å². The highest BCUT2D eigenvalue weighted by Gasteiger charge is 2.24. The summed E-state index contributed by atoms with van der Waals surface area (Å²) in [7, 11) is 1.32. The monoisotopic (exact) mass is 456 g/mol. The zero-order valence-corrected chi connectivity index (χ0v) is 17.6. The molecule has 1 saturated heterocycles. The van der Waals surface area contributed by atoms with Crippen LogP contribution >= 0.6 is 27.3 Å². The highest BCUT2D eigenvalue weighted by atomic mass is 79.9. The standard InChI is InChI=1S/C18H21BrN2O5S/c1-11(22)20-17-14(18(23)24-2)12-3-4-13(19)15(16(12)27-17)26-10-7-21-5-8-25-9-6-21/h3-4H,5-10H2,1-2H3,(H,20,22). The predicted octanol–water partition coefficient (Wildman–Crippen LogP) is 3.12. The quantitative estimate of drug-likeness (QED) is 0.672. The fourth-order valence-electron chi connectivity index (χ4n) is 2.90. The number of nitrogens with one attached hydrogen (secondary N) is 1. The lowest BCUT2D eigenvalue weighted by Gasteiger charge is -2.26. The van der Waals surface area contributed by atoms with Crippen LogP contribution in [-0.4, -0.2) is 63.3 Å². The highest BCUT2D eigenvalue weighted by molar-refractivity contribution is 9.10. The second kappa shape index (κ2) is 9.01. The van der Waals surface area contributed by atoms with E-state index in [0.29, 0.717) is 28.3 Å². The van der Waals surface area contributed by atoms with E-state index in [0.717, 1.165) is 42.0 Å². The summed E-state index contributed by atoms with van der Waals surface area (Å²) < 4.78 is 17.9. The molecular weight excluding hydrogens is 436 g/mol. The van der Waals surface area contributed by atoms with E-state index in [1.165, 1.54) is 25.4 Å². The molecule has 1 aliphatic rings. The highest BCUT2D eigenvalue weighted by Crippen LogP contribution is 2.44. The smallest absolute Gasteiger partial charge is 0.341 e. The molecule has 0 radical (unpaired) electrons. The third-order valence-corrected chi connectivity index (χ3v) is 5.95. The summed E-state index contributed by atoms with van der Waals surface area (Å²) in [6.07, 6.45) is 0. The van der Waals surface area contributed by atoms with Crippen molar-refractivity contribution in [1.82, 2.24) is 4.90 Å². The van der Waals surface area contributed by atoms with Crippen molar-refractivity contribution >= 4 is 54.2 Å². The van der Waals surface area contributed by atoms with E-state index in [2.05, 4.69) is 26.1 Å². The largest absolute Gasteiger partial charge is 0.490 e. The molecule has 146 valence electrons. The van der Waals surface area contributed by atoms with E-state index in [-0.39, 0.29) is 5.91 Å². The van der Waals surface area contributed by atoms with E-state index in [4.69, 9.17) is 14.2 Å². The lowest BCUT2D eigenvalue weighted by Crippen LogP contribution is -2.38. The van der Waals surface area contributed by atoms with Crippen LogP contribution in [0.3, 0.4) is 0 Å². The summed E-state index contributed by atoms with van der Waals surface area (Å²) in [5.74, 6) is -0.0836. The molecule has 0 aliphatic carbocycles. The number of hydrogen-bond acceptors (Lipinski definition) is 7. The second-order valence-electron chi connectivity index (χ2n) is 6.03. The Morgan fingerprint density at radius 1 is 1.33 bits per heavy atom. The van der Waals surface area contributed by atoms with Gasteiger partial charge in [0.2, 0.25) is 5.91 Å². The van der Waals surface area contributed by atoms with E-state index >= 15 is 0 Å². The van der Waals surface area contributed by atoms with Crippen LogP contribution < -0.4 is 10.1 Å². The molecule has 9 heteroatoms. The van der Waals surface area contributed by atoms with Gasteiger partial charge in [-0.3, -0.25) is 9.69 Å². The van der Waals surface area contributed by atoms with Crippen LogP contribution in [0.1, 0.15) is 17.3 Å². The molecule has 1 aliphatic heterocycles. The first-order valence-corrected chi connectivity index (χ1v) is 10.2. The Bertz CT molecular complexity index is 848. The number of carbonyl (C=O) groups excluding carboxylic acids is 2. The Hall–Kier alpha value is -1.68. The molecule has 1 amide bonds.